The van der Waals surface area contributed by atoms with Crippen LogP contribution >= 0.6 is 11.6 Å². The van der Waals surface area contributed by atoms with Crippen LogP contribution in [-0.4, -0.2) is 32.8 Å². The molecule has 3 aromatic rings. The third-order valence-corrected chi connectivity index (χ3v) is 4.49. The van der Waals surface area contributed by atoms with Crippen molar-refractivity contribution >= 4 is 23.0 Å². The average molecular weight is 338 g/mol. The fourth-order valence-electron chi connectivity index (χ4n) is 2.86. The predicted octanol–water partition coefficient (Wildman–Crippen LogP) is 3.61. The van der Waals surface area contributed by atoms with Gasteiger partial charge in [0.15, 0.2) is 11.6 Å². The van der Waals surface area contributed by atoms with Crippen molar-refractivity contribution in [2.75, 3.05) is 18.0 Å². The second-order valence-corrected chi connectivity index (χ2v) is 6.03. The van der Waals surface area contributed by atoms with Gasteiger partial charge in [0, 0.05) is 30.5 Å². The van der Waals surface area contributed by atoms with Crippen molar-refractivity contribution in [1.82, 2.24) is 19.7 Å². The monoisotopic (exact) mass is 337 g/mol. The van der Waals surface area contributed by atoms with Crippen LogP contribution in [0.2, 0.25) is 5.02 Å². The average Bonchev–Trinajstić information content (AvgIpc) is 3.17. The highest BCUT2D eigenvalue weighted by Crippen LogP contribution is 2.29. The summed E-state index contributed by atoms with van der Waals surface area (Å²) in [6.45, 7) is 1.70. The fraction of sp³-hybridized carbons (Fsp3) is 0.167. The van der Waals surface area contributed by atoms with Crippen LogP contribution in [0.5, 0.6) is 0 Å². The third kappa shape index (κ3) is 2.90. The Bertz CT molecular complexity index is 855. The Morgan fingerprint density at radius 3 is 2.50 bits per heavy atom. The molecular formula is C18H16ClN5. The Hall–Kier alpha value is -2.66. The van der Waals surface area contributed by atoms with Gasteiger partial charge in [0.1, 0.15) is 6.33 Å². The first-order chi connectivity index (χ1) is 11.8. The lowest BCUT2D eigenvalue weighted by molar-refractivity contribution is 0.792. The van der Waals surface area contributed by atoms with E-state index in [2.05, 4.69) is 32.2 Å². The molecule has 0 saturated carbocycles. The van der Waals surface area contributed by atoms with Gasteiger partial charge in [-0.1, -0.05) is 35.9 Å². The number of imidazole rings is 1. The minimum atomic E-state index is 0.764. The molecule has 0 radical (unpaired) electrons. The first kappa shape index (κ1) is 14.9. The van der Waals surface area contributed by atoms with Gasteiger partial charge in [-0.05, 0) is 35.8 Å². The molecule has 0 atom stereocenters. The summed E-state index contributed by atoms with van der Waals surface area (Å²) < 4.78 is 1.84. The van der Waals surface area contributed by atoms with E-state index < -0.39 is 0 Å². The molecule has 6 heteroatoms. The molecule has 3 heterocycles. The molecule has 0 unspecified atom stereocenters. The Balaban J connectivity index is 1.50. The van der Waals surface area contributed by atoms with Gasteiger partial charge < -0.3 is 4.90 Å². The van der Waals surface area contributed by atoms with Gasteiger partial charge in [-0.3, -0.25) is 4.57 Å². The minimum Gasteiger partial charge on any atom is -0.351 e. The van der Waals surface area contributed by atoms with E-state index in [1.165, 1.54) is 5.57 Å². The minimum absolute atomic E-state index is 0.764. The van der Waals surface area contributed by atoms with Crippen molar-refractivity contribution in [2.24, 2.45) is 0 Å². The summed E-state index contributed by atoms with van der Waals surface area (Å²) in [5.41, 5.74) is 2.42. The zero-order valence-corrected chi connectivity index (χ0v) is 13.8. The highest BCUT2D eigenvalue weighted by atomic mass is 35.5. The highest BCUT2D eigenvalue weighted by Gasteiger charge is 2.16. The Labute approximate surface area is 145 Å². The molecule has 5 nitrogen and oxygen atoms in total. The molecule has 2 aromatic heterocycles. The number of hydrogen-bond acceptors (Lipinski definition) is 4. The largest absolute Gasteiger partial charge is 0.351 e. The number of nitrogens with zero attached hydrogens (tertiary/aromatic N) is 5. The van der Waals surface area contributed by atoms with E-state index >= 15 is 0 Å². The molecule has 0 bridgehead atoms. The molecule has 0 amide bonds. The maximum Gasteiger partial charge on any atom is 0.160 e. The fourth-order valence-corrected chi connectivity index (χ4v) is 3.12. The maximum absolute atomic E-state index is 6.29. The molecule has 1 aliphatic rings. The molecule has 0 saturated heterocycles. The summed E-state index contributed by atoms with van der Waals surface area (Å²) in [7, 11) is 0. The van der Waals surface area contributed by atoms with E-state index in [1.54, 1.807) is 12.5 Å². The van der Waals surface area contributed by atoms with Crippen LogP contribution in [0.15, 0.2) is 61.2 Å². The molecule has 0 aliphatic carbocycles. The van der Waals surface area contributed by atoms with Crippen molar-refractivity contribution in [2.45, 2.75) is 6.42 Å². The number of halogens is 1. The normalized spacial score (nSPS) is 14.5. The third-order valence-electron chi connectivity index (χ3n) is 4.16. The lowest BCUT2D eigenvalue weighted by atomic mass is 9.99. The van der Waals surface area contributed by atoms with Gasteiger partial charge in [0.05, 0.1) is 0 Å². The lowest BCUT2D eigenvalue weighted by Gasteiger charge is -2.27. The van der Waals surface area contributed by atoms with E-state index in [0.29, 0.717) is 0 Å². The van der Waals surface area contributed by atoms with E-state index in [1.807, 2.05) is 41.1 Å². The molecular weight excluding hydrogens is 322 g/mol. The Morgan fingerprint density at radius 1 is 1.00 bits per heavy atom. The molecule has 24 heavy (non-hydrogen) atoms. The quantitative estimate of drug-likeness (QED) is 0.732. The Morgan fingerprint density at radius 2 is 1.83 bits per heavy atom. The molecule has 120 valence electrons. The van der Waals surface area contributed by atoms with Crippen molar-refractivity contribution in [3.63, 3.8) is 0 Å². The van der Waals surface area contributed by atoms with Crippen LogP contribution in [0.3, 0.4) is 0 Å². The van der Waals surface area contributed by atoms with Crippen LogP contribution < -0.4 is 4.90 Å². The number of aromatic nitrogens is 4. The molecule has 1 aliphatic heterocycles. The second-order valence-electron chi connectivity index (χ2n) is 5.62. The smallest absolute Gasteiger partial charge is 0.160 e. The molecule has 1 aromatic carbocycles. The molecule has 0 N–H and O–H groups in total. The number of benzene rings is 1. The van der Waals surface area contributed by atoms with Gasteiger partial charge in [-0.2, -0.15) is 0 Å². The van der Waals surface area contributed by atoms with E-state index in [0.717, 1.165) is 41.7 Å². The maximum atomic E-state index is 6.29. The van der Waals surface area contributed by atoms with Gasteiger partial charge in [0.25, 0.3) is 0 Å². The van der Waals surface area contributed by atoms with Crippen molar-refractivity contribution in [3.8, 4) is 5.82 Å². The van der Waals surface area contributed by atoms with Crippen molar-refractivity contribution < 1.29 is 0 Å². The van der Waals surface area contributed by atoms with Gasteiger partial charge in [0.2, 0.25) is 0 Å². The summed E-state index contributed by atoms with van der Waals surface area (Å²) >= 11 is 6.29. The van der Waals surface area contributed by atoms with E-state index in [9.17, 15) is 0 Å². The number of anilines is 1. The SMILES string of the molecule is Clc1ccccc1C1=CCN(c2ccc(-n3ccnc3)nn2)CC1. The summed E-state index contributed by atoms with van der Waals surface area (Å²) in [5.74, 6) is 1.65. The van der Waals surface area contributed by atoms with Crippen LogP contribution in [0.25, 0.3) is 11.4 Å². The lowest BCUT2D eigenvalue weighted by Crippen LogP contribution is -2.29. The van der Waals surface area contributed by atoms with Crippen LogP contribution in [0.4, 0.5) is 5.82 Å². The highest BCUT2D eigenvalue weighted by molar-refractivity contribution is 6.32. The molecule has 0 spiro atoms. The zero-order valence-electron chi connectivity index (χ0n) is 13.0. The number of hydrogen-bond donors (Lipinski definition) is 0. The van der Waals surface area contributed by atoms with Gasteiger partial charge in [-0.15, -0.1) is 10.2 Å². The predicted molar refractivity (Wildman–Crippen MR) is 95.4 cm³/mol. The zero-order chi connectivity index (χ0) is 16.4. The second kappa shape index (κ2) is 6.45. The van der Waals surface area contributed by atoms with Crippen LogP contribution in [0, 0.1) is 0 Å². The summed E-state index contributed by atoms with van der Waals surface area (Å²) in [6.07, 6.45) is 8.44. The van der Waals surface area contributed by atoms with Crippen LogP contribution in [-0.2, 0) is 0 Å². The molecule has 4 rings (SSSR count). The Kier molecular flexibility index (Phi) is 4.01. The van der Waals surface area contributed by atoms with Gasteiger partial charge >= 0.3 is 0 Å². The molecule has 0 fully saturated rings. The first-order valence-corrected chi connectivity index (χ1v) is 8.20. The van der Waals surface area contributed by atoms with Crippen LogP contribution in [0.1, 0.15) is 12.0 Å². The summed E-state index contributed by atoms with van der Waals surface area (Å²) in [6, 6.07) is 11.9. The van der Waals surface area contributed by atoms with Crippen molar-refractivity contribution in [3.05, 3.63) is 71.8 Å². The first-order valence-electron chi connectivity index (χ1n) is 7.82. The van der Waals surface area contributed by atoms with Gasteiger partial charge in [-0.25, -0.2) is 4.98 Å². The van der Waals surface area contributed by atoms with Crippen molar-refractivity contribution in [1.29, 1.82) is 0 Å². The summed E-state index contributed by atoms with van der Waals surface area (Å²) in [4.78, 5) is 6.23. The van der Waals surface area contributed by atoms with E-state index in [-0.39, 0.29) is 0 Å². The number of rotatable bonds is 3. The van der Waals surface area contributed by atoms with E-state index in [4.69, 9.17) is 11.6 Å². The summed E-state index contributed by atoms with van der Waals surface area (Å²) in [5, 5.41) is 9.43. The standard InChI is InChI=1S/C18H16ClN5/c19-16-4-2-1-3-15(16)14-7-10-23(11-8-14)17-5-6-18(22-21-17)24-12-9-20-13-24/h1-7,9,12-13H,8,10-11H2. The topological polar surface area (TPSA) is 46.8 Å².